The molecule has 0 aliphatic heterocycles. The van der Waals surface area contributed by atoms with Crippen LogP contribution < -0.4 is 5.73 Å². The minimum atomic E-state index is -2.82. The number of carbonyl (C=O) groups excluding carboxylic acids is 1. The first kappa shape index (κ1) is 30.7. The van der Waals surface area contributed by atoms with Gasteiger partial charge in [0.2, 0.25) is 0 Å². The van der Waals surface area contributed by atoms with E-state index in [1.54, 1.807) is 45.0 Å². The number of aromatic nitrogens is 3. The molecule has 1 amide bonds. The van der Waals surface area contributed by atoms with Crippen molar-refractivity contribution in [2.45, 2.75) is 65.3 Å². The fourth-order valence-electron chi connectivity index (χ4n) is 4.38. The van der Waals surface area contributed by atoms with E-state index in [0.717, 1.165) is 18.2 Å². The zero-order valence-electron chi connectivity index (χ0n) is 22.7. The van der Waals surface area contributed by atoms with Crippen molar-refractivity contribution in [1.82, 2.24) is 19.7 Å². The molecule has 0 aliphatic carbocycles. The lowest BCUT2D eigenvalue weighted by Gasteiger charge is -2.40. The molecule has 2 aromatic carbocycles. The van der Waals surface area contributed by atoms with Crippen LogP contribution in [0, 0.1) is 28.4 Å². The highest BCUT2D eigenvalue weighted by atomic mass is 19.3. The smallest absolute Gasteiger partial charge is 0.253 e. The summed E-state index contributed by atoms with van der Waals surface area (Å²) in [5.41, 5.74) is 5.57. The summed E-state index contributed by atoms with van der Waals surface area (Å²) in [5.74, 6) is -2.25. The Balaban J connectivity index is 2.23. The summed E-state index contributed by atoms with van der Waals surface area (Å²) in [4.78, 5) is 19.0. The molecule has 8 nitrogen and oxygen atoms in total. The predicted molar refractivity (Wildman–Crippen MR) is 140 cm³/mol. The van der Waals surface area contributed by atoms with Crippen LogP contribution in [0.5, 0.6) is 0 Å². The van der Waals surface area contributed by atoms with E-state index in [4.69, 9.17) is 5.73 Å². The zero-order chi connectivity index (χ0) is 29.8. The van der Waals surface area contributed by atoms with Gasteiger partial charge >= 0.3 is 0 Å². The van der Waals surface area contributed by atoms with E-state index >= 15 is 0 Å². The highest BCUT2D eigenvalue weighted by Crippen LogP contribution is 2.39. The van der Waals surface area contributed by atoms with Gasteiger partial charge in [-0.3, -0.25) is 4.79 Å². The van der Waals surface area contributed by atoms with Crippen molar-refractivity contribution in [3.63, 3.8) is 0 Å². The van der Waals surface area contributed by atoms with E-state index in [2.05, 4.69) is 16.2 Å². The Hall–Kier alpha value is -3.82. The SMILES string of the molecule is C[C@H](O)C(=O)N(CC[C@H](N)C(F)F)[C@@H](c1nc(-c2cc(F)ccc2F)nn1Cc1cccc(C#N)c1)C(C)(C)C. The highest BCUT2D eigenvalue weighted by molar-refractivity contribution is 5.80. The van der Waals surface area contributed by atoms with Crippen molar-refractivity contribution in [3.05, 3.63) is 71.1 Å². The fraction of sp³-hybridized carbons (Fsp3) is 0.429. The second-order valence-corrected chi connectivity index (χ2v) is 10.7. The van der Waals surface area contributed by atoms with Gasteiger partial charge in [0.25, 0.3) is 12.3 Å². The van der Waals surface area contributed by atoms with Crippen LogP contribution in [-0.4, -0.2) is 55.8 Å². The van der Waals surface area contributed by atoms with Crippen LogP contribution in [0.15, 0.2) is 42.5 Å². The van der Waals surface area contributed by atoms with Crippen molar-refractivity contribution in [3.8, 4) is 17.5 Å². The van der Waals surface area contributed by atoms with Crippen molar-refractivity contribution in [1.29, 1.82) is 5.26 Å². The maximum absolute atomic E-state index is 14.8. The molecular formula is C28H32F4N6O2. The Morgan fingerprint density at radius 1 is 1.20 bits per heavy atom. The number of aliphatic hydroxyl groups excluding tert-OH is 1. The molecule has 0 spiro atoms. The van der Waals surface area contributed by atoms with Gasteiger partial charge in [0.1, 0.15) is 17.7 Å². The number of nitriles is 1. The maximum Gasteiger partial charge on any atom is 0.253 e. The minimum absolute atomic E-state index is 0.0363. The van der Waals surface area contributed by atoms with Gasteiger partial charge in [-0.2, -0.15) is 10.4 Å². The van der Waals surface area contributed by atoms with E-state index in [1.165, 1.54) is 16.5 Å². The first-order valence-electron chi connectivity index (χ1n) is 12.6. The average molecular weight is 561 g/mol. The van der Waals surface area contributed by atoms with Crippen molar-refractivity contribution in [2.75, 3.05) is 6.54 Å². The molecule has 214 valence electrons. The largest absolute Gasteiger partial charge is 0.384 e. The van der Waals surface area contributed by atoms with E-state index < -0.39 is 47.6 Å². The second-order valence-electron chi connectivity index (χ2n) is 10.7. The molecule has 0 saturated carbocycles. The van der Waals surface area contributed by atoms with Gasteiger partial charge in [-0.25, -0.2) is 27.2 Å². The molecule has 0 aliphatic rings. The molecule has 3 aromatic rings. The van der Waals surface area contributed by atoms with E-state index in [1.807, 2.05) is 0 Å². The number of alkyl halides is 2. The van der Waals surface area contributed by atoms with Gasteiger partial charge in [0.05, 0.1) is 35.8 Å². The van der Waals surface area contributed by atoms with E-state index in [0.29, 0.717) is 11.1 Å². The average Bonchev–Trinajstić information content (AvgIpc) is 3.28. The summed E-state index contributed by atoms with van der Waals surface area (Å²) in [7, 11) is 0. The predicted octanol–water partition coefficient (Wildman–Crippen LogP) is 4.42. The van der Waals surface area contributed by atoms with Crippen LogP contribution in [0.3, 0.4) is 0 Å². The molecule has 3 N–H and O–H groups in total. The quantitative estimate of drug-likeness (QED) is 0.354. The van der Waals surface area contributed by atoms with Gasteiger partial charge < -0.3 is 15.7 Å². The standard InChI is InChI=1S/C28H32F4N6O2/c1-16(39)27(40)37(11-10-22(34)24(31)32)23(28(2,3)4)26-35-25(20-13-19(29)8-9-21(20)30)36-38(26)15-18-7-5-6-17(12-18)14-33/h5-9,12-13,16,22-24,39H,10-11,15,34H2,1-4H3/t16-,22-,23-/m0/s1. The summed E-state index contributed by atoms with van der Waals surface area (Å²) in [5, 5.41) is 24.0. The first-order valence-corrected chi connectivity index (χ1v) is 12.6. The van der Waals surface area contributed by atoms with E-state index in [9.17, 15) is 32.7 Å². The number of halogens is 4. The number of nitrogens with two attached hydrogens (primary N) is 1. The van der Waals surface area contributed by atoms with Crippen LogP contribution in [0.1, 0.15) is 57.1 Å². The van der Waals surface area contributed by atoms with Crippen LogP contribution in [0.2, 0.25) is 0 Å². The Bertz CT molecular complexity index is 1380. The number of hydrogen-bond donors (Lipinski definition) is 2. The van der Waals surface area contributed by atoms with Crippen LogP contribution in [0.25, 0.3) is 11.4 Å². The number of aliphatic hydroxyl groups is 1. The molecule has 12 heteroatoms. The molecule has 0 unspecified atom stereocenters. The van der Waals surface area contributed by atoms with Crippen molar-refractivity contribution >= 4 is 5.91 Å². The monoisotopic (exact) mass is 560 g/mol. The minimum Gasteiger partial charge on any atom is -0.384 e. The van der Waals surface area contributed by atoms with Crippen LogP contribution in [-0.2, 0) is 11.3 Å². The van der Waals surface area contributed by atoms with Gasteiger partial charge in [-0.15, -0.1) is 0 Å². The molecule has 0 bridgehead atoms. The Kier molecular flexibility index (Phi) is 9.65. The number of nitrogens with zero attached hydrogens (tertiary/aromatic N) is 5. The third-order valence-electron chi connectivity index (χ3n) is 6.30. The van der Waals surface area contributed by atoms with E-state index in [-0.39, 0.29) is 36.7 Å². The summed E-state index contributed by atoms with van der Waals surface area (Å²) in [6.07, 6.45) is -4.57. The van der Waals surface area contributed by atoms with Crippen LogP contribution >= 0.6 is 0 Å². The summed E-state index contributed by atoms with van der Waals surface area (Å²) >= 11 is 0. The number of benzene rings is 2. The lowest BCUT2D eigenvalue weighted by molar-refractivity contribution is -0.145. The van der Waals surface area contributed by atoms with Gasteiger partial charge in [-0.1, -0.05) is 32.9 Å². The molecule has 1 aromatic heterocycles. The lowest BCUT2D eigenvalue weighted by atomic mass is 9.84. The topological polar surface area (TPSA) is 121 Å². The second kappa shape index (κ2) is 12.6. The fourth-order valence-corrected chi connectivity index (χ4v) is 4.38. The lowest BCUT2D eigenvalue weighted by Crippen LogP contribution is -2.48. The van der Waals surface area contributed by atoms with Crippen molar-refractivity contribution in [2.24, 2.45) is 11.1 Å². The Labute approximate surface area is 230 Å². The zero-order valence-corrected chi connectivity index (χ0v) is 22.7. The maximum atomic E-state index is 14.8. The molecule has 0 radical (unpaired) electrons. The molecule has 0 fully saturated rings. The Morgan fingerprint density at radius 2 is 1.90 bits per heavy atom. The first-order chi connectivity index (χ1) is 18.7. The van der Waals surface area contributed by atoms with Gasteiger partial charge in [0, 0.05) is 6.54 Å². The van der Waals surface area contributed by atoms with Crippen LogP contribution in [0.4, 0.5) is 17.6 Å². The summed E-state index contributed by atoms with van der Waals surface area (Å²) < 4.78 is 56.7. The number of hydrogen-bond acceptors (Lipinski definition) is 6. The normalized spacial score (nSPS) is 14.1. The molecule has 0 saturated heterocycles. The van der Waals surface area contributed by atoms with Gasteiger partial charge in [-0.05, 0) is 54.7 Å². The number of amides is 1. The molecule has 40 heavy (non-hydrogen) atoms. The molecule has 3 rings (SSSR count). The number of carbonyl (C=O) groups is 1. The third kappa shape index (κ3) is 7.22. The number of rotatable bonds is 10. The summed E-state index contributed by atoms with van der Waals surface area (Å²) in [6, 6.07) is 9.07. The third-order valence-corrected chi connectivity index (χ3v) is 6.30. The summed E-state index contributed by atoms with van der Waals surface area (Å²) in [6.45, 7) is 6.40. The molecule has 1 heterocycles. The molecular weight excluding hydrogens is 528 g/mol. The van der Waals surface area contributed by atoms with Crippen molar-refractivity contribution < 1.29 is 27.5 Å². The highest BCUT2D eigenvalue weighted by Gasteiger charge is 2.40. The van der Waals surface area contributed by atoms with Gasteiger partial charge in [0.15, 0.2) is 11.6 Å². The molecule has 3 atom stereocenters. The Morgan fingerprint density at radius 3 is 2.50 bits per heavy atom.